The van der Waals surface area contributed by atoms with Gasteiger partial charge in [0.25, 0.3) is 0 Å². The minimum atomic E-state index is -0.0897. The molecule has 2 N–H and O–H groups in total. The molecule has 0 fully saturated rings. The van der Waals surface area contributed by atoms with Crippen LogP contribution in [0.3, 0.4) is 0 Å². The summed E-state index contributed by atoms with van der Waals surface area (Å²) in [6.45, 7) is 7.25. The van der Waals surface area contributed by atoms with Crippen LogP contribution in [0.1, 0.15) is 32.6 Å². The molecule has 5 heteroatoms. The van der Waals surface area contributed by atoms with Crippen molar-refractivity contribution in [3.8, 4) is 0 Å². The molecule has 0 radical (unpaired) electrons. The highest BCUT2D eigenvalue weighted by Gasteiger charge is 2.14. The number of rotatable bonds is 4. The van der Waals surface area contributed by atoms with E-state index < -0.39 is 0 Å². The molecule has 1 heterocycles. The van der Waals surface area contributed by atoms with Crippen molar-refractivity contribution in [2.45, 2.75) is 26.8 Å². The Morgan fingerprint density at radius 2 is 2.27 bits per heavy atom. The van der Waals surface area contributed by atoms with E-state index in [4.69, 9.17) is 0 Å². The molecule has 15 heavy (non-hydrogen) atoms. The Bertz CT molecular complexity index is 292. The van der Waals surface area contributed by atoms with E-state index in [1.54, 1.807) is 17.3 Å². The Morgan fingerprint density at radius 1 is 1.60 bits per heavy atom. The quantitative estimate of drug-likeness (QED) is 0.791. The number of H-pyrrole nitrogens is 1. The molecule has 0 saturated heterocycles. The summed E-state index contributed by atoms with van der Waals surface area (Å²) in [5.74, 6) is 0.774. The molecule has 0 bridgehead atoms. The summed E-state index contributed by atoms with van der Waals surface area (Å²) >= 11 is 0. The monoisotopic (exact) mass is 210 g/mol. The van der Waals surface area contributed by atoms with Crippen LogP contribution in [0, 0.1) is 0 Å². The molecule has 0 aromatic carbocycles. The third kappa shape index (κ3) is 2.97. The number of carbonyl (C=O) groups excluding carboxylic acids is 1. The van der Waals surface area contributed by atoms with Crippen molar-refractivity contribution in [2.75, 3.05) is 13.1 Å². The van der Waals surface area contributed by atoms with Crippen molar-refractivity contribution in [1.82, 2.24) is 20.2 Å². The van der Waals surface area contributed by atoms with Crippen molar-refractivity contribution in [2.24, 2.45) is 0 Å². The molecule has 0 spiro atoms. The molecular formula is C10H18N4O. The van der Waals surface area contributed by atoms with E-state index in [-0.39, 0.29) is 12.1 Å². The van der Waals surface area contributed by atoms with Crippen LogP contribution in [0.4, 0.5) is 4.79 Å². The van der Waals surface area contributed by atoms with E-state index in [1.807, 2.05) is 20.8 Å². The van der Waals surface area contributed by atoms with Gasteiger partial charge >= 0.3 is 6.03 Å². The summed E-state index contributed by atoms with van der Waals surface area (Å²) < 4.78 is 0. The minimum Gasteiger partial charge on any atom is -0.347 e. The van der Waals surface area contributed by atoms with Gasteiger partial charge in [0.1, 0.15) is 5.82 Å². The number of carbonyl (C=O) groups is 1. The fourth-order valence-corrected chi connectivity index (χ4v) is 1.37. The lowest BCUT2D eigenvalue weighted by atomic mass is 10.3. The van der Waals surface area contributed by atoms with Crippen LogP contribution >= 0.6 is 0 Å². The molecule has 1 atom stereocenters. The van der Waals surface area contributed by atoms with Crippen LogP contribution < -0.4 is 5.32 Å². The molecule has 0 aliphatic rings. The second-order valence-corrected chi connectivity index (χ2v) is 3.32. The zero-order valence-corrected chi connectivity index (χ0v) is 9.45. The van der Waals surface area contributed by atoms with E-state index in [9.17, 15) is 4.79 Å². The molecule has 5 nitrogen and oxygen atoms in total. The van der Waals surface area contributed by atoms with E-state index >= 15 is 0 Å². The fourth-order valence-electron chi connectivity index (χ4n) is 1.37. The smallest absolute Gasteiger partial charge is 0.317 e. The van der Waals surface area contributed by atoms with E-state index in [0.717, 1.165) is 5.82 Å². The Morgan fingerprint density at radius 3 is 2.73 bits per heavy atom. The third-order valence-corrected chi connectivity index (χ3v) is 2.32. The van der Waals surface area contributed by atoms with Crippen LogP contribution in [-0.4, -0.2) is 34.0 Å². The first kappa shape index (κ1) is 11.6. The van der Waals surface area contributed by atoms with Gasteiger partial charge < -0.3 is 15.2 Å². The lowest BCUT2D eigenvalue weighted by Gasteiger charge is -2.21. The molecule has 2 amide bonds. The average molecular weight is 210 g/mol. The van der Waals surface area contributed by atoms with Crippen LogP contribution in [0.5, 0.6) is 0 Å². The van der Waals surface area contributed by atoms with Gasteiger partial charge in [-0.05, 0) is 20.8 Å². The first-order valence-corrected chi connectivity index (χ1v) is 5.23. The van der Waals surface area contributed by atoms with E-state index in [2.05, 4.69) is 15.3 Å². The van der Waals surface area contributed by atoms with Gasteiger partial charge in [0, 0.05) is 25.5 Å². The molecule has 0 aliphatic carbocycles. The molecular weight excluding hydrogens is 192 g/mol. The Hall–Kier alpha value is -1.52. The zero-order chi connectivity index (χ0) is 11.3. The number of hydrogen-bond acceptors (Lipinski definition) is 2. The molecule has 84 valence electrons. The van der Waals surface area contributed by atoms with Gasteiger partial charge in [-0.3, -0.25) is 0 Å². The lowest BCUT2D eigenvalue weighted by Crippen LogP contribution is -2.40. The summed E-state index contributed by atoms with van der Waals surface area (Å²) in [5, 5.41) is 2.88. The SMILES string of the molecule is CCN(CC)C(=O)NC(C)c1ncc[nH]1. The fraction of sp³-hybridized carbons (Fsp3) is 0.600. The van der Waals surface area contributed by atoms with Gasteiger partial charge in [0.2, 0.25) is 0 Å². The predicted molar refractivity (Wildman–Crippen MR) is 58.5 cm³/mol. The molecule has 1 aromatic heterocycles. The zero-order valence-electron chi connectivity index (χ0n) is 9.45. The summed E-state index contributed by atoms with van der Waals surface area (Å²) in [7, 11) is 0. The van der Waals surface area contributed by atoms with Crippen LogP contribution in [0.15, 0.2) is 12.4 Å². The number of hydrogen-bond donors (Lipinski definition) is 2. The summed E-state index contributed by atoms with van der Waals surface area (Å²) in [6, 6.07) is -0.142. The first-order chi connectivity index (χ1) is 7.19. The van der Waals surface area contributed by atoms with Gasteiger partial charge in [-0.2, -0.15) is 0 Å². The topological polar surface area (TPSA) is 61.0 Å². The molecule has 1 rings (SSSR count). The number of amides is 2. The van der Waals surface area contributed by atoms with Crippen molar-refractivity contribution in [1.29, 1.82) is 0 Å². The van der Waals surface area contributed by atoms with Crippen LogP contribution in [0.25, 0.3) is 0 Å². The molecule has 1 unspecified atom stereocenters. The van der Waals surface area contributed by atoms with Crippen molar-refractivity contribution in [3.05, 3.63) is 18.2 Å². The normalized spacial score (nSPS) is 12.2. The number of nitrogens with one attached hydrogen (secondary N) is 2. The number of aromatic nitrogens is 2. The third-order valence-electron chi connectivity index (χ3n) is 2.32. The van der Waals surface area contributed by atoms with Gasteiger partial charge in [0.15, 0.2) is 0 Å². The Labute approximate surface area is 89.9 Å². The number of nitrogens with zero attached hydrogens (tertiary/aromatic N) is 2. The number of urea groups is 1. The Kier molecular flexibility index (Phi) is 4.15. The minimum absolute atomic E-state index is 0.0519. The number of imidazole rings is 1. The van der Waals surface area contributed by atoms with Gasteiger partial charge in [0.05, 0.1) is 6.04 Å². The Balaban J connectivity index is 2.51. The maximum absolute atomic E-state index is 11.7. The molecule has 1 aromatic rings. The second kappa shape index (κ2) is 5.38. The lowest BCUT2D eigenvalue weighted by molar-refractivity contribution is 0.199. The van der Waals surface area contributed by atoms with Gasteiger partial charge in [-0.1, -0.05) is 0 Å². The highest BCUT2D eigenvalue weighted by molar-refractivity contribution is 5.74. The predicted octanol–water partition coefficient (Wildman–Crippen LogP) is 1.52. The summed E-state index contributed by atoms with van der Waals surface area (Å²) in [6.07, 6.45) is 3.42. The van der Waals surface area contributed by atoms with Gasteiger partial charge in [-0.25, -0.2) is 9.78 Å². The first-order valence-electron chi connectivity index (χ1n) is 5.23. The standard InChI is InChI=1S/C10H18N4O/c1-4-14(5-2)10(15)13-8(3)9-11-6-7-12-9/h6-8H,4-5H2,1-3H3,(H,11,12)(H,13,15). The van der Waals surface area contributed by atoms with Crippen molar-refractivity contribution in [3.63, 3.8) is 0 Å². The largest absolute Gasteiger partial charge is 0.347 e. The van der Waals surface area contributed by atoms with E-state index in [1.165, 1.54) is 0 Å². The molecule has 0 saturated carbocycles. The second-order valence-electron chi connectivity index (χ2n) is 3.32. The van der Waals surface area contributed by atoms with Crippen LogP contribution in [-0.2, 0) is 0 Å². The average Bonchev–Trinajstić information content (AvgIpc) is 2.72. The summed E-state index contributed by atoms with van der Waals surface area (Å²) in [4.78, 5) is 20.5. The maximum Gasteiger partial charge on any atom is 0.317 e. The highest BCUT2D eigenvalue weighted by atomic mass is 16.2. The van der Waals surface area contributed by atoms with Crippen LogP contribution in [0.2, 0.25) is 0 Å². The summed E-state index contributed by atoms with van der Waals surface area (Å²) in [5.41, 5.74) is 0. The highest BCUT2D eigenvalue weighted by Crippen LogP contribution is 2.05. The number of aromatic amines is 1. The van der Waals surface area contributed by atoms with Gasteiger partial charge in [-0.15, -0.1) is 0 Å². The maximum atomic E-state index is 11.7. The van der Waals surface area contributed by atoms with E-state index in [0.29, 0.717) is 13.1 Å². The van der Waals surface area contributed by atoms with Crippen molar-refractivity contribution < 1.29 is 4.79 Å². The molecule has 0 aliphatic heterocycles. The van der Waals surface area contributed by atoms with Crippen molar-refractivity contribution >= 4 is 6.03 Å².